The lowest BCUT2D eigenvalue weighted by atomic mass is 10.1. The minimum absolute atomic E-state index is 0.0111. The van der Waals surface area contributed by atoms with Crippen molar-refractivity contribution in [3.63, 3.8) is 0 Å². The molecule has 2 N–H and O–H groups in total. The molecule has 1 amide bonds. The highest BCUT2D eigenvalue weighted by Crippen LogP contribution is 2.27. The zero-order chi connectivity index (χ0) is 23.5. The lowest BCUT2D eigenvalue weighted by Crippen LogP contribution is -2.49. The Balaban J connectivity index is 1.75. The number of amides is 1. The van der Waals surface area contributed by atoms with Gasteiger partial charge in [-0.3, -0.25) is 14.4 Å². The first-order valence-corrected chi connectivity index (χ1v) is 11.7. The number of anilines is 2. The standard InChI is InChI=1S/C22H28N4O5S/c1-16-4-7-18(8-5-16)32(30,31)23-20-9-6-17(14-19(20)22(28)29)26-12-10-25(11-13-26)15-21(27)24(2)3/h4-9,14,23H,10-13,15H2,1-3H3,(H,28,29). The van der Waals surface area contributed by atoms with Gasteiger partial charge in [-0.2, -0.15) is 0 Å². The maximum atomic E-state index is 12.7. The van der Waals surface area contributed by atoms with Crippen molar-refractivity contribution in [1.29, 1.82) is 0 Å². The number of nitrogens with one attached hydrogen (secondary N) is 1. The van der Waals surface area contributed by atoms with Crippen LogP contribution < -0.4 is 9.62 Å². The van der Waals surface area contributed by atoms with Crippen molar-refractivity contribution in [1.82, 2.24) is 9.80 Å². The molecule has 172 valence electrons. The summed E-state index contributed by atoms with van der Waals surface area (Å²) in [5.74, 6) is -1.18. The summed E-state index contributed by atoms with van der Waals surface area (Å²) in [6.07, 6.45) is 0. The third-order valence-electron chi connectivity index (χ3n) is 5.40. The van der Waals surface area contributed by atoms with Crippen LogP contribution in [0.4, 0.5) is 11.4 Å². The fraction of sp³-hybridized carbons (Fsp3) is 0.364. The first kappa shape index (κ1) is 23.6. The van der Waals surface area contributed by atoms with Gasteiger partial charge >= 0.3 is 5.97 Å². The summed E-state index contributed by atoms with van der Waals surface area (Å²) >= 11 is 0. The highest BCUT2D eigenvalue weighted by atomic mass is 32.2. The van der Waals surface area contributed by atoms with Gasteiger partial charge < -0.3 is 14.9 Å². The topological polar surface area (TPSA) is 110 Å². The van der Waals surface area contributed by atoms with Crippen molar-refractivity contribution in [2.75, 3.05) is 56.4 Å². The lowest BCUT2D eigenvalue weighted by molar-refractivity contribution is -0.129. The Hall–Kier alpha value is -3.11. The predicted molar refractivity (Wildman–Crippen MR) is 123 cm³/mol. The number of likely N-dealkylation sites (N-methyl/N-ethyl adjacent to an activating group) is 1. The number of hydrogen-bond acceptors (Lipinski definition) is 6. The van der Waals surface area contributed by atoms with E-state index in [0.717, 1.165) is 5.56 Å². The number of carboxylic acids is 1. The number of hydrogen-bond donors (Lipinski definition) is 2. The van der Waals surface area contributed by atoms with E-state index in [4.69, 9.17) is 0 Å². The summed E-state index contributed by atoms with van der Waals surface area (Å²) in [6.45, 7) is 4.81. The fourth-order valence-electron chi connectivity index (χ4n) is 3.41. The molecule has 1 aliphatic rings. The minimum Gasteiger partial charge on any atom is -0.478 e. The van der Waals surface area contributed by atoms with Crippen LogP contribution in [0.25, 0.3) is 0 Å². The molecule has 1 heterocycles. The quantitative estimate of drug-likeness (QED) is 0.647. The number of carbonyl (C=O) groups is 2. The molecule has 1 fully saturated rings. The molecule has 10 heteroatoms. The first-order chi connectivity index (χ1) is 15.1. The van der Waals surface area contributed by atoms with E-state index in [0.29, 0.717) is 38.4 Å². The zero-order valence-corrected chi connectivity index (χ0v) is 19.2. The van der Waals surface area contributed by atoms with Crippen LogP contribution in [0.5, 0.6) is 0 Å². The van der Waals surface area contributed by atoms with E-state index in [9.17, 15) is 23.1 Å². The second kappa shape index (κ2) is 9.58. The smallest absolute Gasteiger partial charge is 0.337 e. The number of rotatable bonds is 7. The van der Waals surface area contributed by atoms with E-state index in [2.05, 4.69) is 9.62 Å². The fourth-order valence-corrected chi connectivity index (χ4v) is 4.49. The number of sulfonamides is 1. The second-order valence-corrected chi connectivity index (χ2v) is 9.69. The molecule has 0 bridgehead atoms. The maximum Gasteiger partial charge on any atom is 0.337 e. The van der Waals surface area contributed by atoms with E-state index in [1.54, 1.807) is 37.2 Å². The van der Waals surface area contributed by atoms with Crippen LogP contribution in [0.2, 0.25) is 0 Å². The Morgan fingerprint density at radius 2 is 1.66 bits per heavy atom. The van der Waals surface area contributed by atoms with Crippen LogP contribution in [-0.2, 0) is 14.8 Å². The maximum absolute atomic E-state index is 12.7. The lowest BCUT2D eigenvalue weighted by Gasteiger charge is -2.36. The molecule has 1 aliphatic heterocycles. The molecule has 3 rings (SSSR count). The molecule has 0 spiro atoms. The Bertz CT molecular complexity index is 1090. The molecule has 0 unspecified atom stereocenters. The Morgan fingerprint density at radius 1 is 1.03 bits per heavy atom. The van der Waals surface area contributed by atoms with E-state index < -0.39 is 16.0 Å². The van der Waals surface area contributed by atoms with Gasteiger partial charge in [-0.25, -0.2) is 13.2 Å². The summed E-state index contributed by atoms with van der Waals surface area (Å²) in [7, 11) is -0.474. The highest BCUT2D eigenvalue weighted by Gasteiger charge is 2.23. The molecule has 32 heavy (non-hydrogen) atoms. The second-order valence-electron chi connectivity index (χ2n) is 8.00. The Morgan fingerprint density at radius 3 is 2.22 bits per heavy atom. The molecular weight excluding hydrogens is 432 g/mol. The summed E-state index contributed by atoms with van der Waals surface area (Å²) in [5, 5.41) is 9.68. The number of piperazine rings is 1. The number of nitrogens with zero attached hydrogens (tertiary/aromatic N) is 3. The minimum atomic E-state index is -3.92. The number of carboxylic acid groups (broad SMARTS) is 1. The van der Waals surface area contributed by atoms with Gasteiger partial charge in [0.15, 0.2) is 0 Å². The van der Waals surface area contributed by atoms with Crippen LogP contribution in [-0.4, -0.2) is 82.0 Å². The number of aromatic carboxylic acids is 1. The van der Waals surface area contributed by atoms with Crippen LogP contribution in [0, 0.1) is 6.92 Å². The molecule has 2 aromatic carbocycles. The van der Waals surface area contributed by atoms with Crippen molar-refractivity contribution in [3.8, 4) is 0 Å². The molecule has 0 atom stereocenters. The summed E-state index contributed by atoms with van der Waals surface area (Å²) in [4.78, 5) is 29.5. The normalized spacial score (nSPS) is 14.8. The van der Waals surface area contributed by atoms with Crippen molar-refractivity contribution in [2.24, 2.45) is 0 Å². The van der Waals surface area contributed by atoms with E-state index in [1.165, 1.54) is 24.3 Å². The molecule has 9 nitrogen and oxygen atoms in total. The Labute approximate surface area is 188 Å². The third-order valence-corrected chi connectivity index (χ3v) is 6.79. The van der Waals surface area contributed by atoms with Gasteiger partial charge in [0, 0.05) is 46.0 Å². The Kier molecular flexibility index (Phi) is 7.05. The van der Waals surface area contributed by atoms with Gasteiger partial charge in [-0.15, -0.1) is 0 Å². The van der Waals surface area contributed by atoms with Gasteiger partial charge in [0.1, 0.15) is 0 Å². The first-order valence-electron chi connectivity index (χ1n) is 10.2. The molecule has 0 aromatic heterocycles. The SMILES string of the molecule is Cc1ccc(S(=O)(=O)Nc2ccc(N3CCN(CC(=O)N(C)C)CC3)cc2C(=O)O)cc1. The number of carbonyl (C=O) groups excluding carboxylic acids is 1. The van der Waals surface area contributed by atoms with Crippen molar-refractivity contribution < 1.29 is 23.1 Å². The van der Waals surface area contributed by atoms with E-state index >= 15 is 0 Å². The van der Waals surface area contributed by atoms with Gasteiger partial charge in [-0.05, 0) is 37.3 Å². The average molecular weight is 461 g/mol. The van der Waals surface area contributed by atoms with Gasteiger partial charge in [0.05, 0.1) is 22.7 Å². The van der Waals surface area contributed by atoms with Gasteiger partial charge in [0.2, 0.25) is 5.91 Å². The van der Waals surface area contributed by atoms with Crippen molar-refractivity contribution in [2.45, 2.75) is 11.8 Å². The summed E-state index contributed by atoms with van der Waals surface area (Å²) in [5.41, 5.74) is 1.51. The summed E-state index contributed by atoms with van der Waals surface area (Å²) < 4.78 is 27.8. The zero-order valence-electron chi connectivity index (χ0n) is 18.4. The monoisotopic (exact) mass is 460 g/mol. The van der Waals surface area contributed by atoms with Gasteiger partial charge in [0.25, 0.3) is 10.0 Å². The van der Waals surface area contributed by atoms with Crippen LogP contribution in [0.3, 0.4) is 0 Å². The average Bonchev–Trinajstić information content (AvgIpc) is 2.74. The number of aryl methyl sites for hydroxylation is 1. The third kappa shape index (κ3) is 5.57. The highest BCUT2D eigenvalue weighted by molar-refractivity contribution is 7.92. The molecule has 1 saturated heterocycles. The van der Waals surface area contributed by atoms with E-state index in [1.807, 2.05) is 11.8 Å². The van der Waals surface area contributed by atoms with Crippen molar-refractivity contribution in [3.05, 3.63) is 53.6 Å². The van der Waals surface area contributed by atoms with Crippen molar-refractivity contribution >= 4 is 33.3 Å². The van der Waals surface area contributed by atoms with Crippen LogP contribution in [0.1, 0.15) is 15.9 Å². The molecular formula is C22H28N4O5S. The molecule has 0 aliphatic carbocycles. The van der Waals surface area contributed by atoms with Crippen LogP contribution >= 0.6 is 0 Å². The number of benzene rings is 2. The predicted octanol–water partition coefficient (Wildman–Crippen LogP) is 1.70. The van der Waals surface area contributed by atoms with Crippen LogP contribution in [0.15, 0.2) is 47.4 Å². The molecule has 0 saturated carbocycles. The summed E-state index contributed by atoms with van der Waals surface area (Å²) in [6, 6.07) is 11.0. The largest absolute Gasteiger partial charge is 0.478 e. The van der Waals surface area contributed by atoms with Gasteiger partial charge in [-0.1, -0.05) is 17.7 Å². The molecule has 0 radical (unpaired) electrons. The molecule has 2 aromatic rings. The van der Waals surface area contributed by atoms with E-state index in [-0.39, 0.29) is 22.1 Å².